The van der Waals surface area contributed by atoms with E-state index >= 15 is 0 Å². The smallest absolute Gasteiger partial charge is 0.396 e. The van der Waals surface area contributed by atoms with Crippen LogP contribution in [0.4, 0.5) is 13.2 Å². The van der Waals surface area contributed by atoms with Gasteiger partial charge in [-0.1, -0.05) is 26.0 Å². The van der Waals surface area contributed by atoms with Crippen molar-refractivity contribution in [1.82, 2.24) is 0 Å². The fraction of sp³-hybridized carbons (Fsp3) is 0.500. The molecular weight excluding hydrogens is 217 g/mol. The second-order valence-electron chi connectivity index (χ2n) is 4.15. The Hall–Kier alpha value is -1.03. The highest BCUT2D eigenvalue weighted by Crippen LogP contribution is 2.31. The van der Waals surface area contributed by atoms with Gasteiger partial charge in [0.1, 0.15) is 0 Å². The van der Waals surface area contributed by atoms with Gasteiger partial charge < -0.3 is 5.11 Å². The fourth-order valence-corrected chi connectivity index (χ4v) is 1.62. The molecule has 1 aromatic carbocycles. The van der Waals surface area contributed by atoms with Crippen LogP contribution < -0.4 is 0 Å². The Kier molecular flexibility index (Phi) is 3.97. The second kappa shape index (κ2) is 4.87. The van der Waals surface area contributed by atoms with Crippen molar-refractivity contribution in [3.8, 4) is 0 Å². The fourth-order valence-electron chi connectivity index (χ4n) is 1.62. The van der Waals surface area contributed by atoms with E-state index in [1.54, 1.807) is 0 Å². The third-order valence-corrected chi connectivity index (χ3v) is 2.67. The summed E-state index contributed by atoms with van der Waals surface area (Å²) in [5.41, 5.74) is 0.0854. The zero-order valence-corrected chi connectivity index (χ0v) is 9.25. The van der Waals surface area contributed by atoms with Crippen LogP contribution in [0.15, 0.2) is 24.3 Å². The van der Waals surface area contributed by atoms with Crippen molar-refractivity contribution < 1.29 is 18.3 Å². The predicted octanol–water partition coefficient (Wildman–Crippen LogP) is 3.44. The van der Waals surface area contributed by atoms with Gasteiger partial charge in [0.2, 0.25) is 0 Å². The average molecular weight is 232 g/mol. The maximum absolute atomic E-state index is 12.3. The van der Waals surface area contributed by atoms with Crippen molar-refractivity contribution in [1.29, 1.82) is 0 Å². The topological polar surface area (TPSA) is 20.2 Å². The largest absolute Gasteiger partial charge is 0.416 e. The summed E-state index contributed by atoms with van der Waals surface area (Å²) in [7, 11) is 0. The zero-order chi connectivity index (χ0) is 12.3. The van der Waals surface area contributed by atoms with E-state index < -0.39 is 11.7 Å². The van der Waals surface area contributed by atoms with Crippen molar-refractivity contribution in [2.75, 3.05) is 6.61 Å². The molecule has 0 heterocycles. The van der Waals surface area contributed by atoms with E-state index in [0.29, 0.717) is 0 Å². The molecular formula is C12H15F3O. The highest BCUT2D eigenvalue weighted by molar-refractivity contribution is 5.27. The standard InChI is InChI=1S/C12H15F3O/c1-8(2)11(7-16)9-3-5-10(6-4-9)12(13,14)15/h3-6,8,11,16H,7H2,1-2H3. The highest BCUT2D eigenvalue weighted by Gasteiger charge is 2.30. The molecule has 90 valence electrons. The van der Waals surface area contributed by atoms with Crippen molar-refractivity contribution >= 4 is 0 Å². The number of rotatable bonds is 3. The first-order valence-electron chi connectivity index (χ1n) is 5.14. The molecule has 0 saturated carbocycles. The van der Waals surface area contributed by atoms with Gasteiger partial charge in [-0.2, -0.15) is 13.2 Å². The van der Waals surface area contributed by atoms with Gasteiger partial charge in [-0.25, -0.2) is 0 Å². The first-order valence-corrected chi connectivity index (χ1v) is 5.14. The molecule has 16 heavy (non-hydrogen) atoms. The van der Waals surface area contributed by atoms with Gasteiger partial charge in [-0.05, 0) is 23.6 Å². The van der Waals surface area contributed by atoms with Crippen molar-refractivity contribution in [2.45, 2.75) is 25.9 Å². The zero-order valence-electron chi connectivity index (χ0n) is 9.25. The third kappa shape index (κ3) is 2.98. The van der Waals surface area contributed by atoms with Crippen LogP contribution in [0.1, 0.15) is 30.9 Å². The van der Waals surface area contributed by atoms with E-state index in [4.69, 9.17) is 5.11 Å². The minimum absolute atomic E-state index is 0.0525. The van der Waals surface area contributed by atoms with E-state index in [0.717, 1.165) is 17.7 Å². The maximum Gasteiger partial charge on any atom is 0.416 e. The molecule has 0 amide bonds. The van der Waals surface area contributed by atoms with Crippen LogP contribution >= 0.6 is 0 Å². The maximum atomic E-state index is 12.3. The van der Waals surface area contributed by atoms with Gasteiger partial charge in [-0.15, -0.1) is 0 Å². The Bertz CT molecular complexity index is 327. The predicted molar refractivity (Wildman–Crippen MR) is 56.1 cm³/mol. The second-order valence-corrected chi connectivity index (χ2v) is 4.15. The number of aliphatic hydroxyl groups excluding tert-OH is 1. The van der Waals surface area contributed by atoms with Crippen LogP contribution in [0, 0.1) is 5.92 Å². The van der Waals surface area contributed by atoms with E-state index in [-0.39, 0.29) is 18.4 Å². The SMILES string of the molecule is CC(C)C(CO)c1ccc(C(F)(F)F)cc1. The molecule has 0 aromatic heterocycles. The van der Waals surface area contributed by atoms with Crippen LogP contribution in [-0.2, 0) is 6.18 Å². The number of halogens is 3. The number of hydrogen-bond donors (Lipinski definition) is 1. The summed E-state index contributed by atoms with van der Waals surface area (Å²) in [4.78, 5) is 0. The summed E-state index contributed by atoms with van der Waals surface area (Å²) in [5, 5.41) is 9.16. The molecule has 1 aromatic rings. The van der Waals surface area contributed by atoms with Crippen LogP contribution in [-0.4, -0.2) is 11.7 Å². The molecule has 0 fully saturated rings. The molecule has 0 saturated heterocycles. The van der Waals surface area contributed by atoms with Crippen LogP contribution in [0.2, 0.25) is 0 Å². The summed E-state index contributed by atoms with van der Waals surface area (Å²) < 4.78 is 36.9. The lowest BCUT2D eigenvalue weighted by atomic mass is 9.89. The van der Waals surface area contributed by atoms with Gasteiger partial charge in [-0.3, -0.25) is 0 Å². The Labute approximate surface area is 92.9 Å². The average Bonchev–Trinajstić information content (AvgIpc) is 2.17. The number of hydrogen-bond acceptors (Lipinski definition) is 1. The number of alkyl halides is 3. The van der Waals surface area contributed by atoms with E-state index in [2.05, 4.69) is 0 Å². The minimum atomic E-state index is -4.30. The van der Waals surface area contributed by atoms with Crippen molar-refractivity contribution in [2.24, 2.45) is 5.92 Å². The minimum Gasteiger partial charge on any atom is -0.396 e. The number of aliphatic hydroxyl groups is 1. The first-order chi connectivity index (χ1) is 7.36. The first kappa shape index (κ1) is 13.0. The Balaban J connectivity index is 2.94. The Morgan fingerprint density at radius 2 is 1.62 bits per heavy atom. The highest BCUT2D eigenvalue weighted by atomic mass is 19.4. The van der Waals surface area contributed by atoms with Gasteiger partial charge in [0, 0.05) is 5.92 Å². The lowest BCUT2D eigenvalue weighted by Gasteiger charge is -2.19. The summed E-state index contributed by atoms with van der Waals surface area (Å²) in [6, 6.07) is 4.98. The molecule has 1 rings (SSSR count). The summed E-state index contributed by atoms with van der Waals surface area (Å²) in [5.74, 6) is 0.0871. The molecule has 0 bridgehead atoms. The summed E-state index contributed by atoms with van der Waals surface area (Å²) >= 11 is 0. The molecule has 1 atom stereocenters. The molecule has 1 nitrogen and oxygen atoms in total. The summed E-state index contributed by atoms with van der Waals surface area (Å²) in [6.45, 7) is 3.81. The molecule has 4 heteroatoms. The lowest BCUT2D eigenvalue weighted by Crippen LogP contribution is -2.12. The quantitative estimate of drug-likeness (QED) is 0.846. The number of benzene rings is 1. The van der Waals surface area contributed by atoms with Gasteiger partial charge in [0.05, 0.1) is 12.2 Å². The van der Waals surface area contributed by atoms with Gasteiger partial charge in [0.25, 0.3) is 0 Å². The van der Waals surface area contributed by atoms with Crippen molar-refractivity contribution in [3.63, 3.8) is 0 Å². The van der Waals surface area contributed by atoms with E-state index in [1.165, 1.54) is 12.1 Å². The molecule has 0 spiro atoms. The molecule has 1 N–H and O–H groups in total. The molecule has 0 aliphatic heterocycles. The molecule has 0 aliphatic rings. The van der Waals surface area contributed by atoms with E-state index in [1.807, 2.05) is 13.8 Å². The Morgan fingerprint density at radius 3 is 1.94 bits per heavy atom. The van der Waals surface area contributed by atoms with Crippen LogP contribution in [0.25, 0.3) is 0 Å². The van der Waals surface area contributed by atoms with E-state index in [9.17, 15) is 13.2 Å². The molecule has 0 radical (unpaired) electrons. The summed E-state index contributed by atoms with van der Waals surface area (Å²) in [6.07, 6.45) is -4.30. The lowest BCUT2D eigenvalue weighted by molar-refractivity contribution is -0.137. The normalized spacial score (nSPS) is 14.2. The van der Waals surface area contributed by atoms with Gasteiger partial charge >= 0.3 is 6.18 Å². The van der Waals surface area contributed by atoms with Crippen molar-refractivity contribution in [3.05, 3.63) is 35.4 Å². The van der Waals surface area contributed by atoms with Gasteiger partial charge in [0.15, 0.2) is 0 Å². The molecule has 0 aliphatic carbocycles. The third-order valence-electron chi connectivity index (χ3n) is 2.67. The Morgan fingerprint density at radius 1 is 1.12 bits per heavy atom. The van der Waals surface area contributed by atoms with Crippen LogP contribution in [0.3, 0.4) is 0 Å². The van der Waals surface area contributed by atoms with Crippen LogP contribution in [0.5, 0.6) is 0 Å². The monoisotopic (exact) mass is 232 g/mol. The molecule has 1 unspecified atom stereocenters.